The minimum atomic E-state index is -0.204. The van der Waals surface area contributed by atoms with Crippen LogP contribution in [0.25, 0.3) is 22.3 Å². The lowest BCUT2D eigenvalue weighted by Gasteiger charge is -2.05. The average Bonchev–Trinajstić information content (AvgIpc) is 3.29. The lowest BCUT2D eigenvalue weighted by atomic mass is 10.1. The number of aliphatic hydroxyl groups is 1. The maximum atomic E-state index is 12.8. The Kier molecular flexibility index (Phi) is 5.63. The summed E-state index contributed by atoms with van der Waals surface area (Å²) in [7, 11) is 1.43. The maximum Gasteiger partial charge on any atom is 0.274 e. The summed E-state index contributed by atoms with van der Waals surface area (Å²) >= 11 is 7.28. The van der Waals surface area contributed by atoms with Crippen LogP contribution in [0.1, 0.15) is 5.56 Å². The fraction of sp³-hybridized carbons (Fsp3) is 0.143. The van der Waals surface area contributed by atoms with Crippen LogP contribution in [0.15, 0.2) is 47.4 Å². The van der Waals surface area contributed by atoms with Gasteiger partial charge < -0.3 is 19.7 Å². The van der Waals surface area contributed by atoms with E-state index in [9.17, 15) is 9.90 Å². The molecule has 0 bridgehead atoms. The molecular formula is C21H17ClN2O5S. The van der Waals surface area contributed by atoms with Crippen molar-refractivity contribution >= 4 is 34.0 Å². The number of hydrogen-bond acceptors (Lipinski definition) is 7. The summed E-state index contributed by atoms with van der Waals surface area (Å²) < 4.78 is 12.5. The number of thiazole rings is 1. The molecule has 2 heterocycles. The third-order valence-corrected chi connectivity index (χ3v) is 5.63. The summed E-state index contributed by atoms with van der Waals surface area (Å²) in [4.78, 5) is 17.9. The molecule has 2 aromatic heterocycles. The number of hydrogen-bond donors (Lipinski definition) is 2. The number of ether oxygens (including phenoxy) is 2. The van der Waals surface area contributed by atoms with E-state index >= 15 is 0 Å². The minimum Gasteiger partial charge on any atom is -0.503 e. The van der Waals surface area contributed by atoms with Crippen molar-refractivity contribution in [3.8, 4) is 28.5 Å². The van der Waals surface area contributed by atoms with Crippen molar-refractivity contribution in [2.75, 3.05) is 20.3 Å². The van der Waals surface area contributed by atoms with Crippen molar-refractivity contribution in [2.24, 2.45) is 0 Å². The standard InChI is InChI=1S/C21H17ClN2O5S/c1-28-17-8-12(7-15(22)19(17)26)9-18-20(27)24-11-16(23-21(24)30-18)13-3-2-4-14(10-13)29-6-5-25/h2-4,7-11,25-26H,5-6H2,1H3. The van der Waals surface area contributed by atoms with E-state index in [1.807, 2.05) is 18.2 Å². The van der Waals surface area contributed by atoms with Gasteiger partial charge in [0.25, 0.3) is 5.56 Å². The van der Waals surface area contributed by atoms with Crippen molar-refractivity contribution in [1.82, 2.24) is 9.38 Å². The minimum absolute atomic E-state index is 0.0681. The fourth-order valence-corrected chi connectivity index (χ4v) is 4.14. The van der Waals surface area contributed by atoms with Gasteiger partial charge in [0.05, 0.1) is 29.0 Å². The molecule has 0 saturated heterocycles. The Bertz CT molecular complexity index is 1330. The van der Waals surface area contributed by atoms with E-state index < -0.39 is 0 Å². The summed E-state index contributed by atoms with van der Waals surface area (Å²) in [5.74, 6) is 0.704. The summed E-state index contributed by atoms with van der Waals surface area (Å²) in [5.41, 5.74) is 1.88. The number of aliphatic hydroxyl groups excluding tert-OH is 1. The Labute approximate surface area is 180 Å². The quantitative estimate of drug-likeness (QED) is 0.475. The largest absolute Gasteiger partial charge is 0.503 e. The molecule has 30 heavy (non-hydrogen) atoms. The molecule has 0 atom stereocenters. The average molecular weight is 445 g/mol. The summed E-state index contributed by atoms with van der Waals surface area (Å²) in [6.45, 7) is 0.138. The van der Waals surface area contributed by atoms with Crippen LogP contribution in [-0.2, 0) is 0 Å². The molecule has 0 aliphatic carbocycles. The zero-order valence-electron chi connectivity index (χ0n) is 15.8. The molecule has 9 heteroatoms. The lowest BCUT2D eigenvalue weighted by molar-refractivity contribution is 0.201. The van der Waals surface area contributed by atoms with Gasteiger partial charge in [0, 0.05) is 11.8 Å². The first-order chi connectivity index (χ1) is 14.5. The number of fused-ring (bicyclic) bond motifs is 1. The Morgan fingerprint density at radius 1 is 1.30 bits per heavy atom. The highest BCUT2D eigenvalue weighted by Gasteiger charge is 2.12. The van der Waals surface area contributed by atoms with Crippen LogP contribution in [0.4, 0.5) is 0 Å². The highest BCUT2D eigenvalue weighted by molar-refractivity contribution is 7.15. The molecule has 4 rings (SSSR count). The summed E-state index contributed by atoms with van der Waals surface area (Å²) in [6.07, 6.45) is 3.36. The van der Waals surface area contributed by atoms with Crippen molar-refractivity contribution in [2.45, 2.75) is 0 Å². The third-order valence-electron chi connectivity index (χ3n) is 4.36. The second kappa shape index (κ2) is 8.35. The van der Waals surface area contributed by atoms with Crippen LogP contribution in [0.3, 0.4) is 0 Å². The Morgan fingerprint density at radius 3 is 2.87 bits per heavy atom. The highest BCUT2D eigenvalue weighted by atomic mass is 35.5. The van der Waals surface area contributed by atoms with Gasteiger partial charge in [-0.25, -0.2) is 4.98 Å². The van der Waals surface area contributed by atoms with Crippen LogP contribution in [0.2, 0.25) is 5.02 Å². The molecule has 0 radical (unpaired) electrons. The smallest absolute Gasteiger partial charge is 0.274 e. The van der Waals surface area contributed by atoms with Crippen molar-refractivity contribution in [1.29, 1.82) is 0 Å². The summed E-state index contributed by atoms with van der Waals surface area (Å²) in [5, 5.41) is 18.9. The van der Waals surface area contributed by atoms with Gasteiger partial charge in [-0.05, 0) is 35.9 Å². The van der Waals surface area contributed by atoms with E-state index in [0.717, 1.165) is 5.56 Å². The predicted molar refractivity (Wildman–Crippen MR) is 116 cm³/mol. The number of rotatable bonds is 6. The Balaban J connectivity index is 1.72. The van der Waals surface area contributed by atoms with Crippen molar-refractivity contribution in [3.63, 3.8) is 0 Å². The van der Waals surface area contributed by atoms with E-state index in [2.05, 4.69) is 4.98 Å². The molecule has 2 N–H and O–H groups in total. The van der Waals surface area contributed by atoms with E-state index in [-0.39, 0.29) is 35.3 Å². The first kappa shape index (κ1) is 20.2. The van der Waals surface area contributed by atoms with E-state index in [4.69, 9.17) is 26.2 Å². The first-order valence-electron chi connectivity index (χ1n) is 8.94. The van der Waals surface area contributed by atoms with E-state index in [0.29, 0.717) is 26.5 Å². The Hall–Kier alpha value is -3.07. The topological polar surface area (TPSA) is 93.3 Å². The van der Waals surface area contributed by atoms with E-state index in [1.165, 1.54) is 22.8 Å². The number of aromatic nitrogens is 2. The van der Waals surface area contributed by atoms with Gasteiger partial charge in [-0.3, -0.25) is 9.20 Å². The third kappa shape index (κ3) is 3.85. The van der Waals surface area contributed by atoms with Gasteiger partial charge in [-0.1, -0.05) is 35.1 Å². The zero-order chi connectivity index (χ0) is 21.3. The number of halogens is 1. The van der Waals surface area contributed by atoms with Gasteiger partial charge in [0.2, 0.25) is 0 Å². The molecule has 4 aromatic rings. The molecule has 7 nitrogen and oxygen atoms in total. The van der Waals surface area contributed by atoms with E-state index in [1.54, 1.807) is 30.5 Å². The second-order valence-corrected chi connectivity index (χ2v) is 7.76. The number of benzene rings is 2. The number of aromatic hydroxyl groups is 1. The van der Waals surface area contributed by atoms with Gasteiger partial charge >= 0.3 is 0 Å². The zero-order valence-corrected chi connectivity index (χ0v) is 17.4. The molecule has 0 aliphatic rings. The second-order valence-electron chi connectivity index (χ2n) is 6.35. The SMILES string of the molecule is COc1cc(C=c2sc3nc(-c4cccc(OCCO)c4)cn3c2=O)cc(Cl)c1O. The molecule has 0 spiro atoms. The number of phenols is 1. The van der Waals surface area contributed by atoms with Crippen LogP contribution in [-0.4, -0.2) is 39.9 Å². The number of methoxy groups -OCH3 is 1. The lowest BCUT2D eigenvalue weighted by Crippen LogP contribution is -2.22. The highest BCUT2D eigenvalue weighted by Crippen LogP contribution is 2.35. The molecular weight excluding hydrogens is 428 g/mol. The van der Waals surface area contributed by atoms with Crippen molar-refractivity contribution < 1.29 is 19.7 Å². The van der Waals surface area contributed by atoms with Crippen LogP contribution in [0.5, 0.6) is 17.2 Å². The number of nitrogens with zero attached hydrogens (tertiary/aromatic N) is 2. The molecule has 0 fully saturated rings. The molecule has 0 saturated carbocycles. The van der Waals surface area contributed by atoms with Crippen molar-refractivity contribution in [3.05, 3.63) is 68.1 Å². The number of imidazole rings is 1. The fourth-order valence-electron chi connectivity index (χ4n) is 2.96. The first-order valence-corrected chi connectivity index (χ1v) is 10.1. The van der Waals surface area contributed by atoms with Gasteiger partial charge in [-0.2, -0.15) is 0 Å². The normalized spacial score (nSPS) is 11.9. The van der Waals surface area contributed by atoms with Crippen LogP contribution in [0, 0.1) is 0 Å². The molecule has 2 aromatic carbocycles. The number of phenolic OH excluding ortho intramolecular Hbond substituents is 1. The monoisotopic (exact) mass is 444 g/mol. The molecule has 154 valence electrons. The predicted octanol–water partition coefficient (Wildman–Crippen LogP) is 2.71. The van der Waals surface area contributed by atoms with Crippen LogP contribution < -0.4 is 19.6 Å². The summed E-state index contributed by atoms with van der Waals surface area (Å²) in [6, 6.07) is 10.5. The molecule has 0 unspecified atom stereocenters. The Morgan fingerprint density at radius 2 is 2.13 bits per heavy atom. The van der Waals surface area contributed by atoms with Gasteiger partial charge in [0.1, 0.15) is 12.4 Å². The molecule has 0 amide bonds. The van der Waals surface area contributed by atoms with Gasteiger partial charge in [-0.15, -0.1) is 0 Å². The van der Waals surface area contributed by atoms with Gasteiger partial charge in [0.15, 0.2) is 16.5 Å². The van der Waals surface area contributed by atoms with Crippen LogP contribution >= 0.6 is 22.9 Å². The molecule has 0 aliphatic heterocycles. The maximum absolute atomic E-state index is 12.8.